The van der Waals surface area contributed by atoms with Crippen LogP contribution in [0.3, 0.4) is 0 Å². The lowest BCUT2D eigenvalue weighted by Gasteiger charge is -2.16. The highest BCUT2D eigenvalue weighted by Gasteiger charge is 2.25. The number of carbonyl (C=O) groups is 4. The molecule has 3 aromatic rings. The van der Waals surface area contributed by atoms with Gasteiger partial charge in [-0.3, -0.25) is 14.4 Å². The summed E-state index contributed by atoms with van der Waals surface area (Å²) in [5.41, 5.74) is 2.31. The predicted octanol–water partition coefficient (Wildman–Crippen LogP) is 2.59. The quantitative estimate of drug-likeness (QED) is 0.414. The van der Waals surface area contributed by atoms with Crippen molar-refractivity contribution in [3.8, 4) is 0 Å². The maximum Gasteiger partial charge on any atom is 0.408 e. The van der Waals surface area contributed by atoms with E-state index in [1.165, 1.54) is 0 Å². The molecule has 9 heteroatoms. The van der Waals surface area contributed by atoms with Crippen LogP contribution in [-0.4, -0.2) is 46.6 Å². The van der Waals surface area contributed by atoms with Crippen LogP contribution in [0.2, 0.25) is 0 Å². The number of carboxylic acids is 1. The van der Waals surface area contributed by atoms with E-state index < -0.39 is 42.9 Å². The summed E-state index contributed by atoms with van der Waals surface area (Å²) < 4.78 is 10.0. The van der Waals surface area contributed by atoms with E-state index in [9.17, 15) is 19.2 Å². The van der Waals surface area contributed by atoms with Crippen molar-refractivity contribution in [1.29, 1.82) is 0 Å². The fraction of sp³-hybridized carbons (Fsp3) is 0.217. The van der Waals surface area contributed by atoms with Gasteiger partial charge in [0, 0.05) is 17.1 Å². The van der Waals surface area contributed by atoms with Gasteiger partial charge >= 0.3 is 18.0 Å². The molecule has 1 aromatic heterocycles. The standard InChI is InChI=1S/C23H22N2O7/c26-20(14-31-22(29)10-16-12-24-18-9-5-4-8-17(16)18)19(11-21(27)28)25-23(30)32-13-15-6-2-1-3-7-15/h1-9,12,19,24H,10-11,13-14H2,(H,25,30)(H,27,28)/t19-/m0/s1. The number of carbonyl (C=O) groups excluding carboxylic acids is 3. The van der Waals surface area contributed by atoms with Crippen LogP contribution in [0.4, 0.5) is 4.79 Å². The zero-order valence-electron chi connectivity index (χ0n) is 17.1. The van der Waals surface area contributed by atoms with Gasteiger partial charge in [-0.15, -0.1) is 0 Å². The zero-order valence-corrected chi connectivity index (χ0v) is 17.1. The van der Waals surface area contributed by atoms with Crippen LogP contribution in [0.25, 0.3) is 10.9 Å². The number of amides is 1. The molecule has 2 aromatic carbocycles. The normalized spacial score (nSPS) is 11.5. The van der Waals surface area contributed by atoms with Crippen molar-refractivity contribution in [2.75, 3.05) is 6.61 Å². The van der Waals surface area contributed by atoms with E-state index in [2.05, 4.69) is 10.3 Å². The number of aliphatic carboxylic acids is 1. The Kier molecular flexibility index (Phi) is 7.58. The molecule has 9 nitrogen and oxygen atoms in total. The lowest BCUT2D eigenvalue weighted by atomic mass is 10.1. The average molecular weight is 438 g/mol. The Morgan fingerprint density at radius 2 is 1.69 bits per heavy atom. The van der Waals surface area contributed by atoms with Crippen LogP contribution in [-0.2, 0) is 36.9 Å². The van der Waals surface area contributed by atoms with Crippen LogP contribution >= 0.6 is 0 Å². The summed E-state index contributed by atoms with van der Waals surface area (Å²) in [4.78, 5) is 50.7. The Hall–Kier alpha value is -4.14. The van der Waals surface area contributed by atoms with Crippen molar-refractivity contribution in [3.05, 3.63) is 71.9 Å². The molecule has 0 spiro atoms. The molecule has 0 saturated carbocycles. The summed E-state index contributed by atoms with van der Waals surface area (Å²) in [5.74, 6) is -2.70. The molecule has 0 bridgehead atoms. The number of H-pyrrole nitrogens is 1. The van der Waals surface area contributed by atoms with E-state index in [1.807, 2.05) is 30.3 Å². The molecule has 3 N–H and O–H groups in total. The lowest BCUT2D eigenvalue weighted by molar-refractivity contribution is -0.148. The minimum absolute atomic E-state index is 0.0414. The largest absolute Gasteiger partial charge is 0.481 e. The number of carboxylic acid groups (broad SMARTS) is 1. The number of ketones is 1. The van der Waals surface area contributed by atoms with Gasteiger partial charge in [-0.1, -0.05) is 48.5 Å². The van der Waals surface area contributed by atoms with Crippen LogP contribution in [0.1, 0.15) is 17.5 Å². The Morgan fingerprint density at radius 3 is 2.44 bits per heavy atom. The van der Waals surface area contributed by atoms with E-state index in [0.29, 0.717) is 5.56 Å². The number of aromatic nitrogens is 1. The number of hydrogen-bond acceptors (Lipinski definition) is 6. The Bertz CT molecular complexity index is 1110. The number of Topliss-reactive ketones (excluding diaryl/α,β-unsaturated/α-hetero) is 1. The van der Waals surface area contributed by atoms with Gasteiger partial charge in [-0.25, -0.2) is 4.79 Å². The molecular weight excluding hydrogens is 416 g/mol. The molecule has 0 aliphatic carbocycles. The third-order valence-electron chi connectivity index (χ3n) is 4.66. The second-order valence-electron chi connectivity index (χ2n) is 7.02. The molecule has 0 radical (unpaired) electrons. The first-order valence-corrected chi connectivity index (χ1v) is 9.84. The summed E-state index contributed by atoms with van der Waals surface area (Å²) in [6.07, 6.45) is 0.0106. The van der Waals surface area contributed by atoms with Gasteiger partial charge in [-0.05, 0) is 17.2 Å². The van der Waals surface area contributed by atoms with Crippen molar-refractivity contribution in [2.24, 2.45) is 0 Å². The van der Waals surface area contributed by atoms with Gasteiger partial charge in [0.05, 0.1) is 12.8 Å². The monoisotopic (exact) mass is 438 g/mol. The van der Waals surface area contributed by atoms with Gasteiger partial charge < -0.3 is 24.9 Å². The van der Waals surface area contributed by atoms with Crippen molar-refractivity contribution < 1.29 is 33.8 Å². The van der Waals surface area contributed by atoms with E-state index in [-0.39, 0.29) is 13.0 Å². The van der Waals surface area contributed by atoms with Crippen LogP contribution < -0.4 is 5.32 Å². The third kappa shape index (κ3) is 6.43. The Balaban J connectivity index is 1.51. The van der Waals surface area contributed by atoms with Gasteiger partial charge in [0.25, 0.3) is 0 Å². The Labute approximate surface area is 183 Å². The van der Waals surface area contributed by atoms with Crippen LogP contribution in [0.5, 0.6) is 0 Å². The van der Waals surface area contributed by atoms with Crippen molar-refractivity contribution in [3.63, 3.8) is 0 Å². The molecule has 0 aliphatic heterocycles. The molecule has 0 saturated heterocycles. The minimum atomic E-state index is -1.39. The van der Waals surface area contributed by atoms with Gasteiger partial charge in [-0.2, -0.15) is 0 Å². The molecular formula is C23H22N2O7. The molecule has 0 fully saturated rings. The first-order chi connectivity index (χ1) is 15.4. The summed E-state index contributed by atoms with van der Waals surface area (Å²) in [6, 6.07) is 14.9. The number of para-hydroxylation sites is 1. The topological polar surface area (TPSA) is 135 Å². The van der Waals surface area contributed by atoms with Gasteiger partial charge in [0.15, 0.2) is 12.4 Å². The number of esters is 1. The fourth-order valence-corrected chi connectivity index (χ4v) is 3.06. The number of alkyl carbamates (subject to hydrolysis) is 1. The zero-order chi connectivity index (χ0) is 22.9. The molecule has 3 rings (SSSR count). The molecule has 166 valence electrons. The first-order valence-electron chi connectivity index (χ1n) is 9.84. The number of rotatable bonds is 10. The average Bonchev–Trinajstić information content (AvgIpc) is 3.19. The summed E-state index contributed by atoms with van der Waals surface area (Å²) in [6.45, 7) is -0.710. The number of ether oxygens (including phenoxy) is 2. The fourth-order valence-electron chi connectivity index (χ4n) is 3.06. The van der Waals surface area contributed by atoms with E-state index >= 15 is 0 Å². The lowest BCUT2D eigenvalue weighted by Crippen LogP contribution is -2.44. The predicted molar refractivity (Wildman–Crippen MR) is 114 cm³/mol. The summed E-state index contributed by atoms with van der Waals surface area (Å²) >= 11 is 0. The smallest absolute Gasteiger partial charge is 0.408 e. The van der Waals surface area contributed by atoms with Gasteiger partial charge in [0.2, 0.25) is 0 Å². The van der Waals surface area contributed by atoms with E-state index in [1.54, 1.807) is 30.5 Å². The first kappa shape index (κ1) is 22.5. The summed E-state index contributed by atoms with van der Waals surface area (Å²) in [5, 5.41) is 12.1. The van der Waals surface area contributed by atoms with Crippen LogP contribution in [0.15, 0.2) is 60.8 Å². The second kappa shape index (κ2) is 10.8. The number of aromatic amines is 1. The molecule has 0 aliphatic rings. The van der Waals surface area contributed by atoms with Crippen molar-refractivity contribution >= 4 is 34.7 Å². The number of fused-ring (bicyclic) bond motifs is 1. The molecule has 1 atom stereocenters. The van der Waals surface area contributed by atoms with Crippen molar-refractivity contribution in [1.82, 2.24) is 10.3 Å². The highest BCUT2D eigenvalue weighted by atomic mass is 16.5. The summed E-state index contributed by atoms with van der Waals surface area (Å²) in [7, 11) is 0. The van der Waals surface area contributed by atoms with Crippen molar-refractivity contribution in [2.45, 2.75) is 25.5 Å². The highest BCUT2D eigenvalue weighted by molar-refractivity contribution is 5.93. The highest BCUT2D eigenvalue weighted by Crippen LogP contribution is 2.18. The minimum Gasteiger partial charge on any atom is -0.481 e. The van der Waals surface area contributed by atoms with E-state index in [0.717, 1.165) is 16.5 Å². The molecule has 0 unspecified atom stereocenters. The second-order valence-corrected chi connectivity index (χ2v) is 7.02. The Morgan fingerprint density at radius 1 is 0.969 bits per heavy atom. The molecule has 1 amide bonds. The maximum absolute atomic E-state index is 12.4. The number of nitrogens with one attached hydrogen (secondary N) is 2. The molecule has 1 heterocycles. The maximum atomic E-state index is 12.4. The van der Waals surface area contributed by atoms with E-state index in [4.69, 9.17) is 14.6 Å². The number of benzene rings is 2. The SMILES string of the molecule is O=C(O)C[C@H](NC(=O)OCc1ccccc1)C(=O)COC(=O)Cc1c[nH]c2ccccc12. The number of hydrogen-bond donors (Lipinski definition) is 3. The van der Waals surface area contributed by atoms with Gasteiger partial charge in [0.1, 0.15) is 12.6 Å². The molecule has 32 heavy (non-hydrogen) atoms. The van der Waals surface area contributed by atoms with Crippen LogP contribution in [0, 0.1) is 0 Å². The third-order valence-corrected chi connectivity index (χ3v) is 4.66.